The summed E-state index contributed by atoms with van der Waals surface area (Å²) in [6.45, 7) is 2.19. The Kier molecular flexibility index (Phi) is 6.64. The number of halogens is 1. The summed E-state index contributed by atoms with van der Waals surface area (Å²) in [7, 11) is 21.9. The number of hydrogen-bond donors (Lipinski definition) is 3. The third-order valence-corrected chi connectivity index (χ3v) is 7.07. The molecular weight excluding hydrogens is 509 g/mol. The van der Waals surface area contributed by atoms with Crippen molar-refractivity contribution in [3.05, 3.63) is 46.2 Å². The van der Waals surface area contributed by atoms with E-state index in [0.29, 0.717) is 16.9 Å². The van der Waals surface area contributed by atoms with Gasteiger partial charge in [-0.2, -0.15) is 4.98 Å². The predicted molar refractivity (Wildman–Crippen MR) is 145 cm³/mol. The van der Waals surface area contributed by atoms with E-state index in [1.54, 1.807) is 6.07 Å². The Hall–Kier alpha value is -2.79. The summed E-state index contributed by atoms with van der Waals surface area (Å²) < 4.78 is 12.0. The molecule has 1 aliphatic heterocycles. The highest BCUT2D eigenvalue weighted by atomic mass is 35.5. The first-order valence-electron chi connectivity index (χ1n) is 11.0. The van der Waals surface area contributed by atoms with Crippen LogP contribution in [0.5, 0.6) is 11.8 Å². The zero-order valence-corrected chi connectivity index (χ0v) is 21.1. The number of nitrogens with zero attached hydrogens (tertiary/aromatic N) is 3. The quantitative estimate of drug-likeness (QED) is 0.199. The number of aliphatic hydroxyl groups is 1. The van der Waals surface area contributed by atoms with Crippen molar-refractivity contribution < 1.29 is 19.4 Å². The van der Waals surface area contributed by atoms with E-state index in [1.807, 2.05) is 25.1 Å². The van der Waals surface area contributed by atoms with Crippen molar-refractivity contribution in [2.45, 2.75) is 30.4 Å². The zero-order valence-electron chi connectivity index (χ0n) is 19.5. The molecule has 9 nitrogen and oxygen atoms in total. The second kappa shape index (κ2) is 9.50. The first-order valence-corrected chi connectivity index (χ1v) is 12.2. The molecule has 0 aliphatic carbocycles. The molecule has 1 amide bonds. The molecule has 0 fully saturated rings. The van der Waals surface area contributed by atoms with Crippen molar-refractivity contribution in [2.24, 2.45) is 0 Å². The smallest absolute Gasteiger partial charge is 0.263 e. The van der Waals surface area contributed by atoms with E-state index in [9.17, 15) is 9.90 Å². The highest BCUT2D eigenvalue weighted by Crippen LogP contribution is 2.41. The van der Waals surface area contributed by atoms with Gasteiger partial charge in [-0.05, 0) is 36.7 Å². The minimum atomic E-state index is -2.56. The number of ether oxygens (including phenoxy) is 2. The monoisotopic (exact) mass is 525 g/mol. The highest BCUT2D eigenvalue weighted by Gasteiger charge is 2.34. The Bertz CT molecular complexity index is 1530. The van der Waals surface area contributed by atoms with E-state index in [2.05, 4.69) is 25.6 Å². The SMILES string of the molecule is [B]C([B])([B])C([B])(O)OCc1cnc(Cl)nc1Oc1ccc2c(ccc3sc4c(c32)NC[C@@H](C)NC4=O)n1. The van der Waals surface area contributed by atoms with Gasteiger partial charge in [0.15, 0.2) is 7.85 Å². The van der Waals surface area contributed by atoms with Gasteiger partial charge in [-0.3, -0.25) is 4.79 Å². The maximum Gasteiger partial charge on any atom is 0.263 e. The zero-order chi connectivity index (χ0) is 26.5. The second-order valence-electron chi connectivity index (χ2n) is 8.71. The Morgan fingerprint density at radius 1 is 1.22 bits per heavy atom. The van der Waals surface area contributed by atoms with Crippen molar-refractivity contribution in [3.63, 3.8) is 0 Å². The van der Waals surface area contributed by atoms with Crippen LogP contribution in [-0.2, 0) is 11.3 Å². The fourth-order valence-electron chi connectivity index (χ4n) is 3.73. The maximum absolute atomic E-state index is 12.7. The van der Waals surface area contributed by atoms with Crippen LogP contribution < -0.4 is 15.4 Å². The molecule has 3 aromatic heterocycles. The normalized spacial score (nSPS) is 17.5. The molecule has 1 aromatic carbocycles. The van der Waals surface area contributed by atoms with E-state index < -0.39 is 10.8 Å². The number of aromatic nitrogens is 3. The number of anilines is 1. The lowest BCUT2D eigenvalue weighted by atomic mass is 9.35. The molecule has 5 rings (SSSR count). The molecule has 0 saturated heterocycles. The van der Waals surface area contributed by atoms with E-state index >= 15 is 0 Å². The third-order valence-electron chi connectivity index (χ3n) is 5.73. The van der Waals surface area contributed by atoms with Gasteiger partial charge >= 0.3 is 0 Å². The van der Waals surface area contributed by atoms with Crippen LogP contribution in [0, 0.1) is 0 Å². The number of benzene rings is 1. The van der Waals surface area contributed by atoms with Crippen LogP contribution in [0.4, 0.5) is 5.69 Å². The highest BCUT2D eigenvalue weighted by molar-refractivity contribution is 7.21. The van der Waals surface area contributed by atoms with Gasteiger partial charge in [0.25, 0.3) is 5.91 Å². The van der Waals surface area contributed by atoms with Gasteiger partial charge in [0.05, 0.1) is 46.9 Å². The lowest BCUT2D eigenvalue weighted by Gasteiger charge is -2.39. The minimum Gasteiger partial charge on any atom is -0.420 e. The summed E-state index contributed by atoms with van der Waals surface area (Å²) in [6, 6.07) is 7.27. The molecule has 2 atom stereocenters. The van der Waals surface area contributed by atoms with Crippen LogP contribution in [0.1, 0.15) is 22.2 Å². The molecule has 37 heavy (non-hydrogen) atoms. The molecule has 1 aliphatic rings. The van der Waals surface area contributed by atoms with Gasteiger partial charge < -0.3 is 25.2 Å². The van der Waals surface area contributed by atoms with E-state index in [1.165, 1.54) is 17.5 Å². The number of carbonyl (C=O) groups excluding carboxylic acids is 1. The Balaban J connectivity index is 1.48. The first kappa shape index (κ1) is 25.8. The molecule has 3 N–H and O–H groups in total. The number of carbonyl (C=O) groups is 1. The summed E-state index contributed by atoms with van der Waals surface area (Å²) in [6.07, 6.45) is 1.33. The summed E-state index contributed by atoms with van der Waals surface area (Å²) in [5.74, 6) is 0.111. The molecular formula is C22H16B4ClN5O4S. The van der Waals surface area contributed by atoms with Crippen LogP contribution in [0.25, 0.3) is 21.0 Å². The van der Waals surface area contributed by atoms with Gasteiger partial charge in [0, 0.05) is 40.3 Å². The second-order valence-corrected chi connectivity index (χ2v) is 10.1. The number of hydrogen-bond acceptors (Lipinski definition) is 9. The standard InChI is InChI=1S/C22H16B4ClN5O4S/c1-9-6-28-16-15-11-2-5-14(31-12(11)3-4-13(15)37-17(16)18(33)30-9)36-19-10(7-29-20(27)32-19)8-35-22(26,34)21(23,24)25/h2-5,7,9,28,34H,6,8H2,1H3,(H,30,33)/t9-,22?/m1/s1. The summed E-state index contributed by atoms with van der Waals surface area (Å²) >= 11 is 7.38. The third kappa shape index (κ3) is 5.03. The van der Waals surface area contributed by atoms with Gasteiger partial charge in [-0.1, -0.05) is 5.11 Å². The lowest BCUT2D eigenvalue weighted by molar-refractivity contribution is -0.145. The molecule has 4 aromatic rings. The van der Waals surface area contributed by atoms with E-state index in [0.717, 1.165) is 21.2 Å². The van der Waals surface area contributed by atoms with Crippen molar-refractivity contribution in [1.82, 2.24) is 20.3 Å². The maximum atomic E-state index is 12.7. The molecule has 0 bridgehead atoms. The Labute approximate surface area is 226 Å². The Morgan fingerprint density at radius 3 is 2.76 bits per heavy atom. The average molecular weight is 525 g/mol. The number of nitrogens with one attached hydrogen (secondary N) is 2. The predicted octanol–water partition coefficient (Wildman–Crippen LogP) is 2.14. The number of rotatable bonds is 6. The minimum absolute atomic E-state index is 0.000598. The molecule has 0 spiro atoms. The van der Waals surface area contributed by atoms with Crippen LogP contribution in [0.3, 0.4) is 0 Å². The summed E-state index contributed by atoms with van der Waals surface area (Å²) in [5.41, 5.74) is -0.867. The molecule has 15 heteroatoms. The number of pyridine rings is 1. The van der Waals surface area contributed by atoms with Gasteiger partial charge in [-0.15, -0.1) is 11.3 Å². The van der Waals surface area contributed by atoms with Gasteiger partial charge in [0.2, 0.25) is 17.0 Å². The van der Waals surface area contributed by atoms with E-state index in [-0.39, 0.29) is 41.2 Å². The first-order chi connectivity index (χ1) is 17.4. The van der Waals surface area contributed by atoms with Crippen molar-refractivity contribution in [1.29, 1.82) is 0 Å². The van der Waals surface area contributed by atoms with Crippen LogP contribution in [0.15, 0.2) is 30.5 Å². The van der Waals surface area contributed by atoms with Crippen molar-refractivity contribution in [3.8, 4) is 11.8 Å². The van der Waals surface area contributed by atoms with Crippen LogP contribution in [0.2, 0.25) is 10.4 Å². The fourth-order valence-corrected chi connectivity index (χ4v) is 4.96. The number of amides is 1. The lowest BCUT2D eigenvalue weighted by Crippen LogP contribution is -2.47. The van der Waals surface area contributed by atoms with Crippen molar-refractivity contribution in [2.75, 3.05) is 11.9 Å². The fraction of sp³-hybridized carbons (Fsp3) is 0.273. The molecule has 4 heterocycles. The summed E-state index contributed by atoms with van der Waals surface area (Å²) in [5, 5.41) is 15.9. The average Bonchev–Trinajstić information content (AvgIpc) is 3.14. The Morgan fingerprint density at radius 2 is 2.00 bits per heavy atom. The number of fused-ring (bicyclic) bond motifs is 5. The van der Waals surface area contributed by atoms with E-state index in [4.69, 9.17) is 52.5 Å². The molecule has 1 unspecified atom stereocenters. The topological polar surface area (TPSA) is 118 Å². The van der Waals surface area contributed by atoms with Gasteiger partial charge in [-0.25, -0.2) is 9.97 Å². The largest absolute Gasteiger partial charge is 0.420 e. The van der Waals surface area contributed by atoms with Crippen LogP contribution >= 0.6 is 22.9 Å². The molecule has 178 valence electrons. The van der Waals surface area contributed by atoms with Crippen LogP contribution in [-0.4, -0.2) is 75.6 Å². The molecule has 0 saturated carbocycles. The molecule has 8 radical (unpaired) electrons. The van der Waals surface area contributed by atoms with Crippen molar-refractivity contribution >= 4 is 86.9 Å². The summed E-state index contributed by atoms with van der Waals surface area (Å²) in [4.78, 5) is 25.9. The van der Waals surface area contributed by atoms with Gasteiger partial charge in [0.1, 0.15) is 10.6 Å². The number of thiophene rings is 1.